The van der Waals surface area contributed by atoms with Gasteiger partial charge in [0.2, 0.25) is 0 Å². The van der Waals surface area contributed by atoms with Crippen LogP contribution < -0.4 is 116 Å². The zero-order valence-electron chi connectivity index (χ0n) is 67.0. The van der Waals surface area contributed by atoms with Gasteiger partial charge < -0.3 is 131 Å². The summed E-state index contributed by atoms with van der Waals surface area (Å²) in [5, 5.41) is 37.4. The number of hydrogen-bond donors (Lipinski definition) is 21. The Balaban J connectivity index is 0.000000218. The van der Waals surface area contributed by atoms with E-state index in [0.29, 0.717) is 0 Å². The first kappa shape index (κ1) is 89.3. The Bertz CT molecular complexity index is 3820. The highest BCUT2D eigenvalue weighted by atomic mass is 32.2. The monoisotopic (exact) mass is 1540 g/mol. The van der Waals surface area contributed by atoms with Crippen molar-refractivity contribution in [2.45, 2.75) is 27.7 Å². The van der Waals surface area contributed by atoms with Crippen molar-refractivity contribution in [2.75, 3.05) is 261 Å². The SMILES string of the molecule is CN(CCNc1ccc(N)cc1)CCNc1ccc(N)cc1.Cc1cc(N)ccc1NCCN(C)CCNc1ccc(N)cc1C.Cc1cc(NCCN(C)CCNc2ccc(N)c(C)c2)ccc1N.Nc1ccc(NCCNCCNc2ccc(N)cc2)cc1.Nc1ccc(NCCSCCNc2ccc(N)cc2)cc1. The Hall–Kier alpha value is -11.6. The van der Waals surface area contributed by atoms with Gasteiger partial charge >= 0.3 is 0 Å². The summed E-state index contributed by atoms with van der Waals surface area (Å²) >= 11 is 1.92. The third-order valence-corrected chi connectivity index (χ3v) is 18.8. The molecule has 0 amide bonds. The molecule has 0 radical (unpaired) electrons. The summed E-state index contributed by atoms with van der Waals surface area (Å²) in [7, 11) is 6.39. The van der Waals surface area contributed by atoms with Crippen LogP contribution in [0.25, 0.3) is 0 Å². The maximum atomic E-state index is 5.84. The molecule has 0 atom stereocenters. The molecule has 0 heterocycles. The van der Waals surface area contributed by atoms with Crippen molar-refractivity contribution in [3.05, 3.63) is 241 Å². The predicted molar refractivity (Wildman–Crippen MR) is 495 cm³/mol. The molecule has 24 nitrogen and oxygen atoms in total. The Morgan fingerprint density at radius 1 is 0.223 bits per heavy atom. The maximum absolute atomic E-state index is 5.84. The molecule has 0 fully saturated rings. The minimum absolute atomic E-state index is 0.785. The lowest BCUT2D eigenvalue weighted by Gasteiger charge is -2.19. The molecule has 10 rings (SSSR count). The van der Waals surface area contributed by atoms with Crippen LogP contribution in [-0.4, -0.2) is 165 Å². The summed E-state index contributed by atoms with van der Waals surface area (Å²) in [6.45, 7) is 25.0. The predicted octanol–water partition coefficient (Wildman–Crippen LogP) is 13.2. The van der Waals surface area contributed by atoms with E-state index in [9.17, 15) is 0 Å². The fourth-order valence-electron chi connectivity index (χ4n) is 11.0. The van der Waals surface area contributed by atoms with E-state index in [2.05, 4.69) is 120 Å². The molecule has 0 saturated heterocycles. The highest BCUT2D eigenvalue weighted by Crippen LogP contribution is 2.22. The Kier molecular flexibility index (Phi) is 40.6. The van der Waals surface area contributed by atoms with Crippen LogP contribution in [-0.2, 0) is 0 Å². The quantitative estimate of drug-likeness (QED) is 0.0125. The number of benzene rings is 10. The van der Waals surface area contributed by atoms with Gasteiger partial charge in [0.05, 0.1) is 0 Å². The number of thioether (sulfide) groups is 1. The van der Waals surface area contributed by atoms with Crippen LogP contribution in [0.2, 0.25) is 0 Å². The summed E-state index contributed by atoms with van der Waals surface area (Å²) in [5.41, 5.74) is 80.8. The summed E-state index contributed by atoms with van der Waals surface area (Å²) in [6, 6.07) is 70.8. The van der Waals surface area contributed by atoms with Crippen LogP contribution in [0.4, 0.5) is 114 Å². The van der Waals surface area contributed by atoms with E-state index in [1.165, 1.54) is 11.1 Å². The third kappa shape index (κ3) is 38.2. The van der Waals surface area contributed by atoms with Gasteiger partial charge in [-0.1, -0.05) is 0 Å². The van der Waals surface area contributed by atoms with Crippen LogP contribution in [0, 0.1) is 27.7 Å². The molecule has 31 N–H and O–H groups in total. The van der Waals surface area contributed by atoms with Crippen molar-refractivity contribution in [2.24, 2.45) is 0 Å². The lowest BCUT2D eigenvalue weighted by atomic mass is 10.2. The van der Waals surface area contributed by atoms with Crippen molar-refractivity contribution < 1.29 is 0 Å². The lowest BCUT2D eigenvalue weighted by molar-refractivity contribution is 0.361. The van der Waals surface area contributed by atoms with Crippen molar-refractivity contribution in [1.29, 1.82) is 0 Å². The first-order valence-corrected chi connectivity index (χ1v) is 39.5. The first-order chi connectivity index (χ1) is 54.0. The second-order valence-corrected chi connectivity index (χ2v) is 28.8. The summed E-state index contributed by atoms with van der Waals surface area (Å²) in [4.78, 5) is 6.89. The number of nitrogen functional groups attached to an aromatic ring is 10. The molecule has 0 bridgehead atoms. The average Bonchev–Trinajstić information content (AvgIpc) is 0.889. The maximum Gasteiger partial charge on any atom is 0.0371 e. The first-order valence-electron chi connectivity index (χ1n) is 38.3. The highest BCUT2D eigenvalue weighted by molar-refractivity contribution is 7.99. The molecule has 0 aliphatic rings. The van der Waals surface area contributed by atoms with Crippen LogP contribution in [0.1, 0.15) is 22.3 Å². The van der Waals surface area contributed by atoms with E-state index in [0.717, 1.165) is 254 Å². The van der Waals surface area contributed by atoms with E-state index < -0.39 is 0 Å². The number of likely N-dealkylation sites (N-methyl/N-ethyl adjacent to an activating group) is 3. The van der Waals surface area contributed by atoms with Crippen molar-refractivity contribution >= 4 is 126 Å². The molecule has 0 spiro atoms. The molecular weight excluding hydrogens is 1410 g/mol. The normalized spacial score (nSPS) is 10.6. The number of anilines is 20. The molecule has 112 heavy (non-hydrogen) atoms. The number of nitrogens with one attached hydrogen (secondary N) is 11. The number of hydrogen-bond acceptors (Lipinski definition) is 25. The summed E-state index contributed by atoms with van der Waals surface area (Å²) in [6.07, 6.45) is 0. The zero-order valence-corrected chi connectivity index (χ0v) is 67.8. The Morgan fingerprint density at radius 2 is 0.446 bits per heavy atom. The van der Waals surface area contributed by atoms with Gasteiger partial charge in [0.25, 0.3) is 0 Å². The van der Waals surface area contributed by atoms with E-state index in [1.54, 1.807) is 0 Å². The largest absolute Gasteiger partial charge is 0.399 e. The number of aryl methyl sites for hydroxylation is 4. The second-order valence-electron chi connectivity index (χ2n) is 27.6. The Labute approximate surface area is 671 Å². The fraction of sp³-hybridized carbons (Fsp3) is 0.310. The van der Waals surface area contributed by atoms with Crippen LogP contribution >= 0.6 is 11.8 Å². The van der Waals surface area contributed by atoms with Crippen molar-refractivity contribution in [3.8, 4) is 0 Å². The van der Waals surface area contributed by atoms with E-state index >= 15 is 0 Å². The molecule has 10 aromatic rings. The van der Waals surface area contributed by atoms with Gasteiger partial charge in [-0.3, -0.25) is 0 Å². The van der Waals surface area contributed by atoms with Gasteiger partial charge in [-0.2, -0.15) is 11.8 Å². The zero-order chi connectivity index (χ0) is 80.7. The third-order valence-electron chi connectivity index (χ3n) is 17.8. The molecule has 602 valence electrons. The fourth-order valence-corrected chi connectivity index (χ4v) is 11.7. The molecular formula is C87H128N24S. The highest BCUT2D eigenvalue weighted by Gasteiger charge is 2.07. The van der Waals surface area contributed by atoms with E-state index in [4.69, 9.17) is 57.3 Å². The van der Waals surface area contributed by atoms with Crippen LogP contribution in [0.15, 0.2) is 218 Å². The van der Waals surface area contributed by atoms with Crippen molar-refractivity contribution in [1.82, 2.24) is 20.0 Å². The number of nitrogens with two attached hydrogens (primary N) is 10. The standard InChI is InChI=1S/2C19H29N5.C17H25N5.C16H23N5.C16H22N4S/c1-14-12-16(4-6-18(14)20)22-8-10-24(3)11-9-23-17-5-7-19(21)15(2)13-17;1-14-12-16(20)4-6-18(14)22-8-10-24(3)11-9-23-19-7-5-17(21)13-15(19)2;1-22(12-10-20-16-6-2-14(18)3-7-16)13-11-21-17-8-4-15(19)5-9-17;17-13-1-5-15(6-2-13)20-11-9-19-10-12-21-16-7-3-14(18)4-8-16;17-13-1-5-15(6-2-13)19-9-11-21-12-10-20-16-7-3-14(18)4-8-16/h2*4-7,12-13,22-23H,8-11,20-21H2,1-3H3;2-9,20-21H,10-13,18-19H2,1H3;1-8,19-21H,9-12,17-18H2;1-8,19-20H,9-12,17-18H2. The van der Waals surface area contributed by atoms with E-state index in [-0.39, 0.29) is 0 Å². The molecule has 0 aliphatic carbocycles. The van der Waals surface area contributed by atoms with E-state index in [1.807, 2.05) is 232 Å². The average molecular weight is 1540 g/mol. The molecule has 10 aromatic carbocycles. The van der Waals surface area contributed by atoms with Crippen molar-refractivity contribution in [3.63, 3.8) is 0 Å². The smallest absolute Gasteiger partial charge is 0.0371 e. The van der Waals surface area contributed by atoms with Gasteiger partial charge in [-0.25, -0.2) is 0 Å². The second kappa shape index (κ2) is 51.0. The molecule has 0 unspecified atom stereocenters. The number of rotatable bonds is 40. The minimum atomic E-state index is 0.785. The number of nitrogens with zero attached hydrogens (tertiary/aromatic N) is 3. The van der Waals surface area contributed by atoms with Gasteiger partial charge in [0.15, 0.2) is 0 Å². The van der Waals surface area contributed by atoms with Gasteiger partial charge in [-0.05, 0) is 289 Å². The molecule has 0 aromatic heterocycles. The van der Waals surface area contributed by atoms with Gasteiger partial charge in [0.1, 0.15) is 0 Å². The summed E-state index contributed by atoms with van der Waals surface area (Å²) in [5.74, 6) is 2.15. The lowest BCUT2D eigenvalue weighted by Crippen LogP contribution is -2.30. The minimum Gasteiger partial charge on any atom is -0.399 e. The van der Waals surface area contributed by atoms with Crippen LogP contribution in [0.3, 0.4) is 0 Å². The molecule has 0 saturated carbocycles. The molecule has 0 aliphatic heterocycles. The van der Waals surface area contributed by atoms with Gasteiger partial charge in [0, 0.05) is 243 Å². The van der Waals surface area contributed by atoms with Gasteiger partial charge in [-0.15, -0.1) is 0 Å². The topological polar surface area (TPSA) is 402 Å². The molecule has 25 heteroatoms. The summed E-state index contributed by atoms with van der Waals surface area (Å²) < 4.78 is 0. The Morgan fingerprint density at radius 3 is 0.705 bits per heavy atom. The van der Waals surface area contributed by atoms with Crippen LogP contribution in [0.5, 0.6) is 0 Å².